The molecule has 2 rings (SSSR count). The van der Waals surface area contributed by atoms with Gasteiger partial charge in [0.05, 0.1) is 23.7 Å². The number of unbranched alkanes of at least 4 members (excludes halogenated alkanes) is 1. The monoisotopic (exact) mass is 342 g/mol. The number of hydrogen-bond donors (Lipinski definition) is 2. The zero-order chi connectivity index (χ0) is 16.1. The molecule has 0 atom stereocenters. The average molecular weight is 343 g/mol. The van der Waals surface area contributed by atoms with Crippen LogP contribution in [0.1, 0.15) is 31.0 Å². The first-order valence-electron chi connectivity index (χ1n) is 6.79. The molecule has 0 aliphatic heterocycles. The molecule has 0 bridgehead atoms. The third-order valence-electron chi connectivity index (χ3n) is 3.01. The Kier molecular flexibility index (Phi) is 5.57. The number of aryl methyl sites for hydroxylation is 2. The number of halogens is 2. The maximum Gasteiger partial charge on any atom is 0.285 e. The van der Waals surface area contributed by atoms with Crippen molar-refractivity contribution in [2.24, 2.45) is 5.10 Å². The fraction of sp³-hybridized carbons (Fsp3) is 0.385. The smallest absolute Gasteiger partial charge is 0.275 e. The Labute approximate surface area is 137 Å². The molecule has 0 fully saturated rings. The van der Waals surface area contributed by atoms with Crippen molar-refractivity contribution < 1.29 is 0 Å². The van der Waals surface area contributed by atoms with Gasteiger partial charge in [0, 0.05) is 6.54 Å². The lowest BCUT2D eigenvalue weighted by molar-refractivity contribution is 0.569. The highest BCUT2D eigenvalue weighted by molar-refractivity contribution is 6.33. The van der Waals surface area contributed by atoms with Crippen LogP contribution < -0.4 is 11.0 Å². The molecule has 2 aromatic rings. The van der Waals surface area contributed by atoms with Crippen LogP contribution in [-0.4, -0.2) is 26.2 Å². The van der Waals surface area contributed by atoms with Crippen LogP contribution >= 0.6 is 23.2 Å². The van der Waals surface area contributed by atoms with Gasteiger partial charge in [0.15, 0.2) is 0 Å². The van der Waals surface area contributed by atoms with E-state index in [2.05, 4.69) is 32.7 Å². The van der Waals surface area contributed by atoms with E-state index in [1.165, 1.54) is 6.20 Å². The zero-order valence-electron chi connectivity index (χ0n) is 12.2. The maximum atomic E-state index is 11.3. The molecule has 7 nitrogen and oxygen atoms in total. The maximum absolute atomic E-state index is 11.3. The summed E-state index contributed by atoms with van der Waals surface area (Å²) in [5.41, 5.74) is 4.00. The largest absolute Gasteiger partial charge is 0.285 e. The van der Waals surface area contributed by atoms with Crippen LogP contribution in [0.4, 0.5) is 5.69 Å². The highest BCUT2D eigenvalue weighted by atomic mass is 35.5. The van der Waals surface area contributed by atoms with Crippen LogP contribution in [0.2, 0.25) is 10.2 Å². The first-order valence-corrected chi connectivity index (χ1v) is 7.55. The van der Waals surface area contributed by atoms with E-state index >= 15 is 0 Å². The van der Waals surface area contributed by atoms with Gasteiger partial charge in [-0.1, -0.05) is 36.5 Å². The van der Waals surface area contributed by atoms with E-state index in [1.54, 1.807) is 10.9 Å². The van der Waals surface area contributed by atoms with Crippen molar-refractivity contribution in [3.8, 4) is 0 Å². The minimum atomic E-state index is -0.483. The number of anilines is 1. The van der Waals surface area contributed by atoms with E-state index in [0.717, 1.165) is 30.6 Å². The number of nitrogens with one attached hydrogen (secondary N) is 2. The number of rotatable bonds is 6. The molecule has 0 aromatic carbocycles. The standard InChI is InChI=1S/C13H16Cl2N6O/c1-3-4-5-21-12(15)9(8(2)20-21)6-16-18-10-7-17-19-13(22)11(10)14/h6-7H,3-5H2,1-2H3,(H2,18,19,22)/b16-6-. The normalized spacial score (nSPS) is 11.3. The van der Waals surface area contributed by atoms with Gasteiger partial charge in [-0.25, -0.2) is 5.10 Å². The summed E-state index contributed by atoms with van der Waals surface area (Å²) in [4.78, 5) is 11.3. The molecule has 0 saturated carbocycles. The van der Waals surface area contributed by atoms with Crippen molar-refractivity contribution in [2.45, 2.75) is 33.2 Å². The van der Waals surface area contributed by atoms with Crippen molar-refractivity contribution in [1.29, 1.82) is 0 Å². The summed E-state index contributed by atoms with van der Waals surface area (Å²) in [5.74, 6) is 0. The second-order valence-electron chi connectivity index (χ2n) is 4.66. The highest BCUT2D eigenvalue weighted by Gasteiger charge is 2.11. The van der Waals surface area contributed by atoms with Gasteiger partial charge in [0.2, 0.25) is 0 Å². The quantitative estimate of drug-likeness (QED) is 0.624. The third kappa shape index (κ3) is 3.66. The summed E-state index contributed by atoms with van der Waals surface area (Å²) in [7, 11) is 0. The van der Waals surface area contributed by atoms with Gasteiger partial charge in [-0.05, 0) is 13.3 Å². The average Bonchev–Trinajstić information content (AvgIpc) is 2.76. The van der Waals surface area contributed by atoms with Crippen LogP contribution in [0.5, 0.6) is 0 Å². The molecule has 0 saturated heterocycles. The predicted molar refractivity (Wildman–Crippen MR) is 88.0 cm³/mol. The van der Waals surface area contributed by atoms with Crippen molar-refractivity contribution in [2.75, 3.05) is 5.43 Å². The molecule has 0 radical (unpaired) electrons. The van der Waals surface area contributed by atoms with Crippen LogP contribution in [-0.2, 0) is 6.54 Å². The third-order valence-corrected chi connectivity index (χ3v) is 3.78. The van der Waals surface area contributed by atoms with E-state index in [4.69, 9.17) is 23.2 Å². The van der Waals surface area contributed by atoms with Gasteiger partial charge >= 0.3 is 0 Å². The van der Waals surface area contributed by atoms with Crippen LogP contribution in [0.15, 0.2) is 16.1 Å². The van der Waals surface area contributed by atoms with Crippen molar-refractivity contribution in [3.05, 3.63) is 38.0 Å². The molecular formula is C13H16Cl2N6O. The van der Waals surface area contributed by atoms with Gasteiger partial charge in [0.25, 0.3) is 5.56 Å². The van der Waals surface area contributed by atoms with Crippen LogP contribution in [0.3, 0.4) is 0 Å². The minimum Gasteiger partial charge on any atom is -0.275 e. The zero-order valence-corrected chi connectivity index (χ0v) is 13.7. The topological polar surface area (TPSA) is 88.0 Å². The lowest BCUT2D eigenvalue weighted by atomic mass is 10.3. The summed E-state index contributed by atoms with van der Waals surface area (Å²) in [6, 6.07) is 0. The van der Waals surface area contributed by atoms with Gasteiger partial charge in [-0.2, -0.15) is 15.3 Å². The number of hydrogen-bond acceptors (Lipinski definition) is 5. The lowest BCUT2D eigenvalue weighted by Gasteiger charge is -2.01. The van der Waals surface area contributed by atoms with E-state index in [0.29, 0.717) is 10.8 Å². The first kappa shape index (κ1) is 16.5. The molecule has 2 heterocycles. The van der Waals surface area contributed by atoms with E-state index in [1.807, 2.05) is 6.92 Å². The predicted octanol–water partition coefficient (Wildman–Crippen LogP) is 2.83. The Morgan fingerprint density at radius 1 is 1.50 bits per heavy atom. The van der Waals surface area contributed by atoms with Crippen molar-refractivity contribution >= 4 is 35.1 Å². The lowest BCUT2D eigenvalue weighted by Crippen LogP contribution is -2.10. The number of aromatic amines is 1. The summed E-state index contributed by atoms with van der Waals surface area (Å²) >= 11 is 12.1. The Bertz CT molecular complexity index is 737. The number of H-pyrrole nitrogens is 1. The summed E-state index contributed by atoms with van der Waals surface area (Å²) in [6.07, 6.45) is 4.99. The molecule has 22 heavy (non-hydrogen) atoms. The molecule has 118 valence electrons. The summed E-state index contributed by atoms with van der Waals surface area (Å²) in [5, 5.41) is 14.8. The molecule has 0 aliphatic rings. The fourth-order valence-electron chi connectivity index (χ4n) is 1.80. The number of hydrazone groups is 1. The van der Waals surface area contributed by atoms with Crippen LogP contribution in [0, 0.1) is 6.92 Å². The molecule has 0 aliphatic carbocycles. The van der Waals surface area contributed by atoms with E-state index in [9.17, 15) is 4.79 Å². The molecule has 0 unspecified atom stereocenters. The second kappa shape index (κ2) is 7.42. The van der Waals surface area contributed by atoms with Crippen molar-refractivity contribution in [1.82, 2.24) is 20.0 Å². The van der Waals surface area contributed by atoms with E-state index in [-0.39, 0.29) is 5.02 Å². The number of nitrogens with zero attached hydrogens (tertiary/aromatic N) is 4. The Morgan fingerprint density at radius 3 is 3.00 bits per heavy atom. The van der Waals surface area contributed by atoms with Gasteiger partial charge in [-0.15, -0.1) is 0 Å². The first-order chi connectivity index (χ1) is 10.5. The molecule has 0 spiro atoms. The van der Waals surface area contributed by atoms with Gasteiger partial charge in [-0.3, -0.25) is 14.9 Å². The molecule has 0 amide bonds. The highest BCUT2D eigenvalue weighted by Crippen LogP contribution is 2.19. The second-order valence-corrected chi connectivity index (χ2v) is 5.40. The summed E-state index contributed by atoms with van der Waals surface area (Å²) < 4.78 is 1.75. The van der Waals surface area contributed by atoms with Crippen molar-refractivity contribution in [3.63, 3.8) is 0 Å². The Hall–Kier alpha value is -1.86. The Balaban J connectivity index is 2.15. The Morgan fingerprint density at radius 2 is 2.27 bits per heavy atom. The molecule has 2 N–H and O–H groups in total. The minimum absolute atomic E-state index is 0.00592. The van der Waals surface area contributed by atoms with E-state index < -0.39 is 5.56 Å². The number of aromatic nitrogens is 4. The molecule has 9 heteroatoms. The molecular weight excluding hydrogens is 327 g/mol. The van der Waals surface area contributed by atoms with Crippen LogP contribution in [0.25, 0.3) is 0 Å². The SMILES string of the molecule is CCCCn1nc(C)c(/C=N\Nc2cn[nH]c(=O)c2Cl)c1Cl. The fourth-order valence-corrected chi connectivity index (χ4v) is 2.24. The van der Waals surface area contributed by atoms with Gasteiger partial charge < -0.3 is 0 Å². The summed E-state index contributed by atoms with van der Waals surface area (Å²) in [6.45, 7) is 4.73. The molecule has 2 aromatic heterocycles. The van der Waals surface area contributed by atoms with Gasteiger partial charge in [0.1, 0.15) is 15.9 Å².